The molecule has 2 aliphatic rings. The Balaban J connectivity index is 1.27. The number of carbonyl (C=O) groups is 2. The molecular formula is C28H28F2N10O3S. The molecule has 0 aromatic carbocycles. The number of nitrogens with one attached hydrogen (secondary N) is 3. The number of nitriles is 1. The highest BCUT2D eigenvalue weighted by molar-refractivity contribution is 7.18. The molecule has 1 aliphatic carbocycles. The topological polar surface area (TPSA) is 173 Å². The van der Waals surface area contributed by atoms with E-state index in [4.69, 9.17) is 5.11 Å². The Bertz CT molecular complexity index is 1760. The summed E-state index contributed by atoms with van der Waals surface area (Å²) < 4.78 is 31.4. The van der Waals surface area contributed by atoms with Crippen molar-refractivity contribution < 1.29 is 23.5 Å². The molecule has 1 aliphatic heterocycles. The fourth-order valence-corrected chi connectivity index (χ4v) is 6.48. The van der Waals surface area contributed by atoms with Crippen molar-refractivity contribution in [2.75, 3.05) is 29.9 Å². The number of anilines is 2. The molecule has 16 heteroatoms. The van der Waals surface area contributed by atoms with Gasteiger partial charge in [-0.15, -0.1) is 10.2 Å². The molecule has 4 aromatic heterocycles. The van der Waals surface area contributed by atoms with Gasteiger partial charge in [-0.1, -0.05) is 11.3 Å². The van der Waals surface area contributed by atoms with E-state index >= 15 is 0 Å². The SMILES string of the molecule is CC(=O)NC1CCN(c2nnc(-c3cnc(-c4ccc5cc(C#N)cnn45)cc3NC3CC(CNC(=O)O)C3)s2)CC1(F)F. The van der Waals surface area contributed by atoms with Crippen LogP contribution in [0.1, 0.15) is 31.7 Å². The zero-order valence-electron chi connectivity index (χ0n) is 23.5. The fourth-order valence-electron chi connectivity index (χ4n) is 5.59. The molecule has 0 radical (unpaired) electrons. The first-order valence-corrected chi connectivity index (χ1v) is 14.8. The first-order valence-electron chi connectivity index (χ1n) is 13.9. The van der Waals surface area contributed by atoms with Crippen LogP contribution in [0.25, 0.3) is 27.5 Å². The van der Waals surface area contributed by atoms with Crippen molar-refractivity contribution in [1.29, 1.82) is 5.26 Å². The summed E-state index contributed by atoms with van der Waals surface area (Å²) in [7, 11) is 0. The lowest BCUT2D eigenvalue weighted by atomic mass is 9.80. The number of halogens is 2. The molecule has 4 N–H and O–H groups in total. The Morgan fingerprint density at radius 1 is 1.23 bits per heavy atom. The average Bonchev–Trinajstić information content (AvgIpc) is 3.62. The van der Waals surface area contributed by atoms with Gasteiger partial charge in [-0.05, 0) is 49.4 Å². The van der Waals surface area contributed by atoms with E-state index in [1.54, 1.807) is 16.8 Å². The molecule has 228 valence electrons. The molecular weight excluding hydrogens is 594 g/mol. The van der Waals surface area contributed by atoms with E-state index < -0.39 is 30.5 Å². The number of piperidine rings is 1. The number of amides is 2. The van der Waals surface area contributed by atoms with Crippen molar-refractivity contribution in [3.05, 3.63) is 42.2 Å². The third-order valence-corrected chi connectivity index (χ3v) is 8.84. The van der Waals surface area contributed by atoms with Crippen LogP contribution in [0.4, 0.5) is 24.4 Å². The van der Waals surface area contributed by atoms with Gasteiger partial charge in [0.1, 0.15) is 6.07 Å². The maximum atomic E-state index is 14.8. The maximum absolute atomic E-state index is 14.8. The number of carbonyl (C=O) groups excluding carboxylic acids is 1. The number of rotatable bonds is 8. The van der Waals surface area contributed by atoms with Crippen LogP contribution in [0.5, 0.6) is 0 Å². The van der Waals surface area contributed by atoms with Crippen LogP contribution in [0.15, 0.2) is 36.7 Å². The molecule has 0 bridgehead atoms. The van der Waals surface area contributed by atoms with Gasteiger partial charge in [0.2, 0.25) is 11.0 Å². The lowest BCUT2D eigenvalue weighted by molar-refractivity contribution is -0.124. The van der Waals surface area contributed by atoms with E-state index in [1.807, 2.05) is 18.2 Å². The largest absolute Gasteiger partial charge is 0.465 e. The number of pyridine rings is 1. The van der Waals surface area contributed by atoms with Gasteiger partial charge in [0.15, 0.2) is 5.01 Å². The number of hydrogen-bond donors (Lipinski definition) is 4. The van der Waals surface area contributed by atoms with E-state index in [2.05, 4.69) is 42.3 Å². The van der Waals surface area contributed by atoms with Crippen molar-refractivity contribution in [2.24, 2.45) is 5.92 Å². The number of fused-ring (bicyclic) bond motifs is 1. The van der Waals surface area contributed by atoms with Crippen molar-refractivity contribution in [3.63, 3.8) is 0 Å². The van der Waals surface area contributed by atoms with Gasteiger partial charge >= 0.3 is 6.09 Å². The highest BCUT2D eigenvalue weighted by Gasteiger charge is 2.46. The number of nitrogens with zero attached hydrogens (tertiary/aromatic N) is 7. The molecule has 1 saturated carbocycles. The number of hydrogen-bond acceptors (Lipinski definition) is 10. The van der Waals surface area contributed by atoms with Gasteiger partial charge in [-0.3, -0.25) is 9.78 Å². The van der Waals surface area contributed by atoms with Crippen LogP contribution < -0.4 is 20.9 Å². The summed E-state index contributed by atoms with van der Waals surface area (Å²) in [6.45, 7) is 1.29. The fraction of sp³-hybridized carbons (Fsp3) is 0.393. The Labute approximate surface area is 253 Å². The van der Waals surface area contributed by atoms with Gasteiger partial charge in [0.25, 0.3) is 5.92 Å². The Morgan fingerprint density at radius 3 is 2.77 bits per heavy atom. The minimum Gasteiger partial charge on any atom is -0.465 e. The predicted molar refractivity (Wildman–Crippen MR) is 158 cm³/mol. The summed E-state index contributed by atoms with van der Waals surface area (Å²) in [6, 6.07) is 8.23. The number of carboxylic acid groups (broad SMARTS) is 1. The van der Waals surface area contributed by atoms with Crippen LogP contribution in [-0.4, -0.2) is 79.5 Å². The molecule has 5 heterocycles. The first-order chi connectivity index (χ1) is 21.1. The van der Waals surface area contributed by atoms with Crippen LogP contribution in [0, 0.1) is 17.2 Å². The maximum Gasteiger partial charge on any atom is 0.404 e. The van der Waals surface area contributed by atoms with Crippen LogP contribution >= 0.6 is 11.3 Å². The Hall–Kier alpha value is -4.91. The van der Waals surface area contributed by atoms with E-state index in [0.29, 0.717) is 44.9 Å². The molecule has 1 saturated heterocycles. The summed E-state index contributed by atoms with van der Waals surface area (Å²) in [6.07, 6.45) is 3.66. The highest BCUT2D eigenvalue weighted by atomic mass is 32.1. The summed E-state index contributed by atoms with van der Waals surface area (Å²) in [5.74, 6) is -3.43. The summed E-state index contributed by atoms with van der Waals surface area (Å²) in [4.78, 5) is 28.4. The van der Waals surface area contributed by atoms with Crippen LogP contribution in [0.3, 0.4) is 0 Å². The molecule has 1 unspecified atom stereocenters. The standard InChI is InChI=1S/C28H28F2N10O3S/c1-15(41)35-24-4-5-39(14-28(24,29)30)26-38-37-25(44-26)20-13-32-22(23-3-2-19-8-17(10-31)12-34-40(19)23)9-21(20)36-18-6-16(7-18)11-33-27(42)43/h2-3,8-9,12-13,16,18,24,33H,4-7,11,14H2,1H3,(H,32,36)(H,35,41)(H,42,43). The van der Waals surface area contributed by atoms with E-state index in [1.165, 1.54) is 29.4 Å². The third-order valence-electron chi connectivity index (χ3n) is 7.83. The van der Waals surface area contributed by atoms with Gasteiger partial charge < -0.3 is 26.0 Å². The monoisotopic (exact) mass is 622 g/mol. The normalized spacial score (nSPS) is 20.9. The quantitative estimate of drug-likeness (QED) is 0.227. The average molecular weight is 623 g/mol. The Morgan fingerprint density at radius 2 is 2.05 bits per heavy atom. The molecule has 2 amide bonds. The lowest BCUT2D eigenvalue weighted by Gasteiger charge is -2.38. The van der Waals surface area contributed by atoms with Crippen molar-refractivity contribution >= 4 is 39.7 Å². The summed E-state index contributed by atoms with van der Waals surface area (Å²) in [5, 5.41) is 40.2. The summed E-state index contributed by atoms with van der Waals surface area (Å²) >= 11 is 1.18. The zero-order valence-corrected chi connectivity index (χ0v) is 24.3. The van der Waals surface area contributed by atoms with E-state index in [9.17, 15) is 23.6 Å². The molecule has 13 nitrogen and oxygen atoms in total. The molecule has 44 heavy (non-hydrogen) atoms. The molecule has 4 aromatic rings. The number of aromatic nitrogens is 5. The highest BCUT2D eigenvalue weighted by Crippen LogP contribution is 2.39. The third kappa shape index (κ3) is 5.95. The predicted octanol–water partition coefficient (Wildman–Crippen LogP) is 3.59. The second-order valence-corrected chi connectivity index (χ2v) is 12.0. The zero-order chi connectivity index (χ0) is 31.0. The summed E-state index contributed by atoms with van der Waals surface area (Å²) in [5.41, 5.74) is 3.85. The molecule has 2 fully saturated rings. The smallest absolute Gasteiger partial charge is 0.404 e. The molecule has 1 atom stereocenters. The van der Waals surface area contributed by atoms with Crippen molar-refractivity contribution in [2.45, 2.75) is 44.2 Å². The molecule has 0 spiro atoms. The van der Waals surface area contributed by atoms with E-state index in [0.717, 1.165) is 18.4 Å². The van der Waals surface area contributed by atoms with Gasteiger partial charge in [0, 0.05) is 37.9 Å². The second kappa shape index (κ2) is 11.6. The van der Waals surface area contributed by atoms with Crippen LogP contribution in [0.2, 0.25) is 0 Å². The number of alkyl halides is 2. The van der Waals surface area contributed by atoms with Gasteiger partial charge in [-0.25, -0.2) is 18.1 Å². The van der Waals surface area contributed by atoms with Crippen molar-refractivity contribution in [1.82, 2.24) is 35.4 Å². The van der Waals surface area contributed by atoms with Gasteiger partial charge in [0.05, 0.1) is 46.8 Å². The minimum atomic E-state index is -3.13. The minimum absolute atomic E-state index is 0.0687. The van der Waals surface area contributed by atoms with Crippen LogP contribution in [-0.2, 0) is 4.79 Å². The van der Waals surface area contributed by atoms with E-state index in [-0.39, 0.29) is 24.9 Å². The van der Waals surface area contributed by atoms with Crippen molar-refractivity contribution in [3.8, 4) is 28.0 Å². The first kappa shape index (κ1) is 29.2. The lowest BCUT2D eigenvalue weighted by Crippen LogP contribution is -2.58. The Kier molecular flexibility index (Phi) is 7.72. The second-order valence-electron chi connectivity index (χ2n) is 11.0. The van der Waals surface area contributed by atoms with Gasteiger partial charge in [-0.2, -0.15) is 10.4 Å². The molecule has 6 rings (SSSR count).